The lowest BCUT2D eigenvalue weighted by atomic mass is 10.2. The van der Waals surface area contributed by atoms with Crippen molar-refractivity contribution in [3.8, 4) is 0 Å². The average Bonchev–Trinajstić information content (AvgIpc) is 3.04. The molecule has 42 heavy (non-hydrogen) atoms. The zero-order chi connectivity index (χ0) is 29.6. The van der Waals surface area contributed by atoms with Gasteiger partial charge in [0.1, 0.15) is 12.4 Å². The van der Waals surface area contributed by atoms with Crippen LogP contribution in [0.2, 0.25) is 0 Å². The summed E-state index contributed by atoms with van der Waals surface area (Å²) >= 11 is 0. The highest BCUT2D eigenvalue weighted by atomic mass is 31.2. The lowest BCUT2D eigenvalue weighted by Gasteiger charge is -2.30. The van der Waals surface area contributed by atoms with E-state index >= 15 is 0 Å². The molecule has 0 saturated carbocycles. The standard InChI is InChI=1S/C33H35N2O6P/c1-27(36)35(39-24-28-14-6-2-7-15-28)23-22-32(34-33(37)31-20-12-5-13-21-31)42(38,40-25-29-16-8-3-9-17-29)41-26-30-18-10-4-11-19-30/h2-21,32H,22-26H2,1H3,(H,34,37). The second-order valence-electron chi connectivity index (χ2n) is 9.58. The van der Waals surface area contributed by atoms with Crippen LogP contribution in [0.15, 0.2) is 121 Å². The van der Waals surface area contributed by atoms with Gasteiger partial charge >= 0.3 is 7.60 Å². The van der Waals surface area contributed by atoms with E-state index in [1.807, 2.05) is 91.0 Å². The second-order valence-corrected chi connectivity index (χ2v) is 11.8. The van der Waals surface area contributed by atoms with Crippen LogP contribution in [0.1, 0.15) is 40.4 Å². The molecule has 0 aliphatic heterocycles. The van der Waals surface area contributed by atoms with Crippen molar-refractivity contribution in [2.45, 2.75) is 38.9 Å². The normalized spacial score (nSPS) is 11.9. The molecule has 0 aliphatic carbocycles. The van der Waals surface area contributed by atoms with Crippen LogP contribution in [-0.2, 0) is 43.1 Å². The fraction of sp³-hybridized carbons (Fsp3) is 0.212. The predicted octanol–water partition coefficient (Wildman–Crippen LogP) is 6.74. The van der Waals surface area contributed by atoms with E-state index < -0.39 is 19.3 Å². The van der Waals surface area contributed by atoms with Gasteiger partial charge in [-0.25, -0.2) is 5.06 Å². The Hall–Kier alpha value is -4.07. The summed E-state index contributed by atoms with van der Waals surface area (Å²) in [6.07, 6.45) is 0.0494. The van der Waals surface area contributed by atoms with Crippen molar-refractivity contribution >= 4 is 19.4 Å². The molecule has 4 aromatic rings. The van der Waals surface area contributed by atoms with Crippen LogP contribution in [0.3, 0.4) is 0 Å². The maximum absolute atomic E-state index is 14.6. The molecule has 0 bridgehead atoms. The van der Waals surface area contributed by atoms with Gasteiger partial charge in [-0.05, 0) is 35.2 Å². The molecule has 1 N–H and O–H groups in total. The Balaban J connectivity index is 1.58. The second kappa shape index (κ2) is 15.8. The van der Waals surface area contributed by atoms with Gasteiger partial charge in [-0.15, -0.1) is 0 Å². The Morgan fingerprint density at radius 1 is 0.690 bits per heavy atom. The number of hydrogen-bond acceptors (Lipinski definition) is 6. The quantitative estimate of drug-likeness (QED) is 0.123. The molecule has 0 saturated heterocycles. The van der Waals surface area contributed by atoms with Crippen molar-refractivity contribution < 1.29 is 28.0 Å². The van der Waals surface area contributed by atoms with Gasteiger partial charge in [0, 0.05) is 12.5 Å². The molecule has 218 valence electrons. The maximum Gasteiger partial charge on any atom is 0.353 e. The summed E-state index contributed by atoms with van der Waals surface area (Å²) in [7, 11) is -4.02. The van der Waals surface area contributed by atoms with E-state index in [9.17, 15) is 14.2 Å². The molecule has 1 unspecified atom stereocenters. The predicted molar refractivity (Wildman–Crippen MR) is 161 cm³/mol. The van der Waals surface area contributed by atoms with Gasteiger partial charge in [0.05, 0.1) is 19.8 Å². The van der Waals surface area contributed by atoms with E-state index in [1.54, 1.807) is 30.3 Å². The topological polar surface area (TPSA) is 94.2 Å². The number of hydrogen-bond donors (Lipinski definition) is 1. The van der Waals surface area contributed by atoms with Crippen molar-refractivity contribution in [2.75, 3.05) is 6.54 Å². The van der Waals surface area contributed by atoms with E-state index in [0.717, 1.165) is 16.7 Å². The monoisotopic (exact) mass is 586 g/mol. The lowest BCUT2D eigenvalue weighted by Crippen LogP contribution is -2.40. The van der Waals surface area contributed by atoms with Gasteiger partial charge in [0.15, 0.2) is 0 Å². The van der Waals surface area contributed by atoms with Crippen LogP contribution in [0.5, 0.6) is 0 Å². The summed E-state index contributed by atoms with van der Waals surface area (Å²) in [5.41, 5.74) is 2.88. The third-order valence-electron chi connectivity index (χ3n) is 6.41. The number of carbonyl (C=O) groups is 2. The van der Waals surface area contributed by atoms with Crippen LogP contribution >= 0.6 is 7.60 Å². The number of nitrogens with zero attached hydrogens (tertiary/aromatic N) is 1. The Kier molecular flexibility index (Phi) is 11.6. The zero-order valence-corrected chi connectivity index (χ0v) is 24.4. The first kappa shape index (κ1) is 30.9. The Bertz CT molecular complexity index is 1390. The van der Waals surface area contributed by atoms with Gasteiger partial charge in [0.2, 0.25) is 5.91 Å². The van der Waals surface area contributed by atoms with Gasteiger partial charge in [0.25, 0.3) is 5.91 Å². The smallest absolute Gasteiger partial charge is 0.338 e. The molecule has 0 heterocycles. The number of rotatable bonds is 15. The SMILES string of the molecule is CC(=O)N(CCC(NC(=O)c1ccccc1)P(=O)(OCc1ccccc1)OCc1ccccc1)OCc1ccccc1. The summed E-state index contributed by atoms with van der Waals surface area (Å²) in [5, 5.41) is 4.07. The van der Waals surface area contributed by atoms with Crippen LogP contribution in [0.25, 0.3) is 0 Å². The first-order valence-corrected chi connectivity index (χ1v) is 15.3. The van der Waals surface area contributed by atoms with Crippen molar-refractivity contribution in [3.05, 3.63) is 144 Å². The molecule has 0 spiro atoms. The maximum atomic E-state index is 14.6. The summed E-state index contributed by atoms with van der Waals surface area (Å²) in [5.74, 6) is -1.85. The minimum atomic E-state index is -4.02. The van der Waals surface area contributed by atoms with Gasteiger partial charge in [-0.2, -0.15) is 0 Å². The van der Waals surface area contributed by atoms with Crippen LogP contribution in [0, 0.1) is 0 Å². The highest BCUT2D eigenvalue weighted by Gasteiger charge is 2.38. The summed E-state index contributed by atoms with van der Waals surface area (Å²) in [6, 6.07) is 36.7. The van der Waals surface area contributed by atoms with Crippen LogP contribution in [-0.4, -0.2) is 29.2 Å². The molecular weight excluding hydrogens is 551 g/mol. The molecule has 4 rings (SSSR count). The molecule has 0 radical (unpaired) electrons. The van der Waals surface area contributed by atoms with E-state index in [2.05, 4.69) is 5.32 Å². The highest BCUT2D eigenvalue weighted by molar-refractivity contribution is 7.54. The van der Waals surface area contributed by atoms with Gasteiger partial charge in [-0.1, -0.05) is 109 Å². The molecule has 1 atom stereocenters. The largest absolute Gasteiger partial charge is 0.353 e. The summed E-state index contributed by atoms with van der Waals surface area (Å²) in [4.78, 5) is 31.6. The number of nitrogens with one attached hydrogen (secondary N) is 1. The molecular formula is C33H35N2O6P. The van der Waals surface area contributed by atoms with Crippen molar-refractivity contribution in [1.29, 1.82) is 0 Å². The van der Waals surface area contributed by atoms with Gasteiger partial charge < -0.3 is 14.4 Å². The first-order valence-electron chi connectivity index (χ1n) is 13.7. The lowest BCUT2D eigenvalue weighted by molar-refractivity contribution is -0.189. The zero-order valence-electron chi connectivity index (χ0n) is 23.5. The van der Waals surface area contributed by atoms with Crippen molar-refractivity contribution in [1.82, 2.24) is 10.4 Å². The van der Waals surface area contributed by atoms with E-state index in [-0.39, 0.29) is 38.7 Å². The third-order valence-corrected chi connectivity index (χ3v) is 8.54. The molecule has 2 amide bonds. The number of carbonyl (C=O) groups excluding carboxylic acids is 2. The Morgan fingerprint density at radius 2 is 1.12 bits per heavy atom. The fourth-order valence-electron chi connectivity index (χ4n) is 4.11. The van der Waals surface area contributed by atoms with Crippen molar-refractivity contribution in [2.24, 2.45) is 0 Å². The van der Waals surface area contributed by atoms with E-state index in [0.29, 0.717) is 5.56 Å². The number of benzene rings is 4. The number of amides is 2. The Morgan fingerprint density at radius 3 is 1.57 bits per heavy atom. The Labute approximate surface area is 246 Å². The third kappa shape index (κ3) is 9.50. The molecule has 8 nitrogen and oxygen atoms in total. The van der Waals surface area contributed by atoms with E-state index in [1.165, 1.54) is 12.0 Å². The number of hydroxylamine groups is 2. The molecule has 0 aromatic heterocycles. The summed E-state index contributed by atoms with van der Waals surface area (Å²) < 4.78 is 26.7. The first-order chi connectivity index (χ1) is 20.4. The van der Waals surface area contributed by atoms with Gasteiger partial charge in [-0.3, -0.25) is 19.0 Å². The average molecular weight is 587 g/mol. The molecule has 0 fully saturated rings. The van der Waals surface area contributed by atoms with Crippen molar-refractivity contribution in [3.63, 3.8) is 0 Å². The summed E-state index contributed by atoms with van der Waals surface area (Å²) in [6.45, 7) is 1.61. The molecule has 4 aromatic carbocycles. The van der Waals surface area contributed by atoms with Crippen LogP contribution in [0.4, 0.5) is 0 Å². The van der Waals surface area contributed by atoms with E-state index in [4.69, 9.17) is 13.9 Å². The fourth-order valence-corrected chi connectivity index (χ4v) is 5.91. The minimum Gasteiger partial charge on any atom is -0.338 e. The highest BCUT2D eigenvalue weighted by Crippen LogP contribution is 2.54. The molecule has 9 heteroatoms. The van der Waals surface area contributed by atoms with Crippen LogP contribution < -0.4 is 5.32 Å². The molecule has 0 aliphatic rings. The minimum absolute atomic E-state index is 0.00550.